The molecule has 1 saturated carbocycles. The van der Waals surface area contributed by atoms with Crippen LogP contribution < -0.4 is 10.6 Å². The lowest BCUT2D eigenvalue weighted by molar-refractivity contribution is 0.461. The van der Waals surface area contributed by atoms with Gasteiger partial charge in [-0.15, -0.1) is 0 Å². The number of halogens is 2. The summed E-state index contributed by atoms with van der Waals surface area (Å²) in [5.74, 6) is 1.22. The molecule has 0 atom stereocenters. The van der Waals surface area contributed by atoms with Crippen molar-refractivity contribution in [2.75, 3.05) is 10.6 Å². The summed E-state index contributed by atoms with van der Waals surface area (Å²) in [6.07, 6.45) is 9.58. The van der Waals surface area contributed by atoms with Crippen LogP contribution in [0.5, 0.6) is 0 Å². The summed E-state index contributed by atoms with van der Waals surface area (Å²) in [7, 11) is 0. The van der Waals surface area contributed by atoms with Crippen molar-refractivity contribution >= 4 is 40.7 Å². The van der Waals surface area contributed by atoms with Crippen LogP contribution in [0.2, 0.25) is 10.0 Å². The van der Waals surface area contributed by atoms with Crippen molar-refractivity contribution in [2.45, 2.75) is 38.1 Å². The van der Waals surface area contributed by atoms with E-state index in [1.54, 1.807) is 24.5 Å². The van der Waals surface area contributed by atoms with Crippen molar-refractivity contribution in [1.29, 1.82) is 0 Å². The molecule has 0 amide bonds. The number of hydrogen-bond acceptors (Lipinski definition) is 5. The van der Waals surface area contributed by atoms with Gasteiger partial charge in [0.05, 0.1) is 21.4 Å². The van der Waals surface area contributed by atoms with Gasteiger partial charge in [0, 0.05) is 30.1 Å². The molecule has 0 bridgehead atoms. The van der Waals surface area contributed by atoms with E-state index in [1.807, 2.05) is 24.3 Å². The summed E-state index contributed by atoms with van der Waals surface area (Å²) < 4.78 is 0. The molecule has 0 spiro atoms. The number of anilines is 3. The average molecular weight is 414 g/mol. The Morgan fingerprint density at radius 2 is 1.71 bits per heavy atom. The predicted octanol–water partition coefficient (Wildman–Crippen LogP) is 6.33. The highest BCUT2D eigenvalue weighted by Gasteiger charge is 2.16. The summed E-state index contributed by atoms with van der Waals surface area (Å²) in [5.41, 5.74) is 2.34. The number of para-hydroxylation sites is 1. The zero-order valence-corrected chi connectivity index (χ0v) is 16.8. The number of aromatic nitrogens is 3. The fourth-order valence-corrected chi connectivity index (χ4v) is 3.90. The number of hydrogen-bond donors (Lipinski definition) is 2. The third-order valence-electron chi connectivity index (χ3n) is 4.84. The molecule has 2 N–H and O–H groups in total. The SMILES string of the molecule is Clc1cccc(Cl)c1Nc1cc(-c2cccnc2)nc(NC2CCCCC2)n1. The number of nitrogens with one attached hydrogen (secondary N) is 2. The van der Waals surface area contributed by atoms with Crippen molar-refractivity contribution in [3.63, 3.8) is 0 Å². The smallest absolute Gasteiger partial charge is 0.225 e. The van der Waals surface area contributed by atoms with Gasteiger partial charge >= 0.3 is 0 Å². The van der Waals surface area contributed by atoms with Crippen molar-refractivity contribution in [2.24, 2.45) is 0 Å². The van der Waals surface area contributed by atoms with Crippen LogP contribution in [0.15, 0.2) is 48.8 Å². The van der Waals surface area contributed by atoms with E-state index >= 15 is 0 Å². The van der Waals surface area contributed by atoms with Crippen LogP contribution in [-0.4, -0.2) is 21.0 Å². The second kappa shape index (κ2) is 8.76. The summed E-state index contributed by atoms with van der Waals surface area (Å²) >= 11 is 12.6. The molecule has 1 aliphatic carbocycles. The maximum atomic E-state index is 6.32. The van der Waals surface area contributed by atoms with E-state index in [9.17, 15) is 0 Å². The quantitative estimate of drug-likeness (QED) is 0.511. The van der Waals surface area contributed by atoms with Gasteiger partial charge in [-0.1, -0.05) is 48.5 Å². The average Bonchev–Trinajstić information content (AvgIpc) is 2.72. The van der Waals surface area contributed by atoms with Crippen LogP contribution in [-0.2, 0) is 0 Å². The fourth-order valence-electron chi connectivity index (χ4n) is 3.41. The van der Waals surface area contributed by atoms with E-state index in [2.05, 4.69) is 20.6 Å². The Balaban J connectivity index is 1.69. The molecular formula is C21H21Cl2N5. The first-order valence-corrected chi connectivity index (χ1v) is 10.2. The van der Waals surface area contributed by atoms with E-state index in [0.717, 1.165) is 24.1 Å². The second-order valence-corrected chi connectivity index (χ2v) is 7.72. The van der Waals surface area contributed by atoms with E-state index in [-0.39, 0.29) is 0 Å². The number of pyridine rings is 1. The minimum Gasteiger partial charge on any atom is -0.351 e. The minimum atomic E-state index is 0.398. The molecule has 5 nitrogen and oxygen atoms in total. The van der Waals surface area contributed by atoms with Gasteiger partial charge in [0.25, 0.3) is 0 Å². The second-order valence-electron chi connectivity index (χ2n) is 6.90. The maximum Gasteiger partial charge on any atom is 0.225 e. The van der Waals surface area contributed by atoms with Crippen LogP contribution in [0.25, 0.3) is 11.3 Å². The topological polar surface area (TPSA) is 62.7 Å². The molecule has 1 aromatic carbocycles. The van der Waals surface area contributed by atoms with E-state index in [0.29, 0.717) is 33.5 Å². The minimum absolute atomic E-state index is 0.398. The largest absolute Gasteiger partial charge is 0.351 e. The van der Waals surface area contributed by atoms with Gasteiger partial charge in [0.2, 0.25) is 5.95 Å². The molecule has 4 rings (SSSR count). The summed E-state index contributed by atoms with van der Waals surface area (Å²) in [6.45, 7) is 0. The van der Waals surface area contributed by atoms with E-state index < -0.39 is 0 Å². The first kappa shape index (κ1) is 19.0. The van der Waals surface area contributed by atoms with Crippen LogP contribution in [0.3, 0.4) is 0 Å². The highest BCUT2D eigenvalue weighted by Crippen LogP contribution is 2.33. The lowest BCUT2D eigenvalue weighted by Gasteiger charge is -2.23. The molecule has 3 aromatic rings. The molecule has 0 radical (unpaired) electrons. The fraction of sp³-hybridized carbons (Fsp3) is 0.286. The summed E-state index contributed by atoms with van der Waals surface area (Å²) in [4.78, 5) is 13.6. The Bertz CT molecular complexity index is 923. The number of benzene rings is 1. The maximum absolute atomic E-state index is 6.32. The third-order valence-corrected chi connectivity index (χ3v) is 5.47. The molecule has 0 unspecified atom stereocenters. The molecule has 2 heterocycles. The molecule has 1 aliphatic rings. The van der Waals surface area contributed by atoms with Crippen LogP contribution in [0, 0.1) is 0 Å². The first-order valence-electron chi connectivity index (χ1n) is 9.46. The molecule has 0 saturated heterocycles. The Labute approximate surface area is 174 Å². The molecular weight excluding hydrogens is 393 g/mol. The van der Waals surface area contributed by atoms with Gasteiger partial charge in [0.1, 0.15) is 5.82 Å². The van der Waals surface area contributed by atoms with Gasteiger partial charge in [-0.25, -0.2) is 4.98 Å². The molecule has 28 heavy (non-hydrogen) atoms. The van der Waals surface area contributed by atoms with Gasteiger partial charge < -0.3 is 10.6 Å². The Morgan fingerprint density at radius 1 is 0.929 bits per heavy atom. The zero-order valence-electron chi connectivity index (χ0n) is 15.3. The van der Waals surface area contributed by atoms with Crippen molar-refractivity contribution in [3.8, 4) is 11.3 Å². The molecule has 144 valence electrons. The summed E-state index contributed by atoms with van der Waals surface area (Å²) in [6, 6.07) is 11.5. The Hall–Kier alpha value is -2.37. The first-order chi connectivity index (χ1) is 13.7. The summed E-state index contributed by atoms with van der Waals surface area (Å²) in [5, 5.41) is 7.83. The molecule has 2 aromatic heterocycles. The predicted molar refractivity (Wildman–Crippen MR) is 116 cm³/mol. The lowest BCUT2D eigenvalue weighted by atomic mass is 9.96. The molecule has 0 aliphatic heterocycles. The van der Waals surface area contributed by atoms with Crippen molar-refractivity contribution < 1.29 is 0 Å². The van der Waals surface area contributed by atoms with E-state index in [4.69, 9.17) is 28.2 Å². The van der Waals surface area contributed by atoms with Crippen LogP contribution in [0.1, 0.15) is 32.1 Å². The standard InChI is InChI=1S/C21H21Cl2N5/c22-16-9-4-10-17(23)20(16)27-19-12-18(14-6-5-11-24-13-14)26-21(28-19)25-15-7-2-1-3-8-15/h4-6,9-13,15H,1-3,7-8H2,(H2,25,26,27,28). The molecule has 7 heteroatoms. The highest BCUT2D eigenvalue weighted by atomic mass is 35.5. The normalized spacial score (nSPS) is 14.6. The van der Waals surface area contributed by atoms with E-state index in [1.165, 1.54) is 19.3 Å². The zero-order chi connectivity index (χ0) is 19.3. The Kier molecular flexibility index (Phi) is 5.93. The van der Waals surface area contributed by atoms with Gasteiger partial charge in [0.15, 0.2) is 0 Å². The van der Waals surface area contributed by atoms with Crippen LogP contribution >= 0.6 is 23.2 Å². The van der Waals surface area contributed by atoms with Gasteiger partial charge in [-0.05, 0) is 37.1 Å². The monoisotopic (exact) mass is 413 g/mol. The van der Waals surface area contributed by atoms with Crippen molar-refractivity contribution in [3.05, 3.63) is 58.8 Å². The van der Waals surface area contributed by atoms with Crippen LogP contribution in [0.4, 0.5) is 17.5 Å². The lowest BCUT2D eigenvalue weighted by Crippen LogP contribution is -2.23. The molecule has 1 fully saturated rings. The third kappa shape index (κ3) is 4.54. The number of rotatable bonds is 5. The highest BCUT2D eigenvalue weighted by molar-refractivity contribution is 6.39. The van der Waals surface area contributed by atoms with Crippen molar-refractivity contribution in [1.82, 2.24) is 15.0 Å². The number of nitrogens with zero attached hydrogens (tertiary/aromatic N) is 3. The van der Waals surface area contributed by atoms with Gasteiger partial charge in [-0.2, -0.15) is 4.98 Å². The van der Waals surface area contributed by atoms with Gasteiger partial charge in [-0.3, -0.25) is 4.98 Å². The Morgan fingerprint density at radius 3 is 2.43 bits per heavy atom.